The first-order chi connectivity index (χ1) is 8.72. The SMILES string of the molecule is S=C(Nc1cccnc1Cl)N[C@H]1C[C@@H]2CC[C@@H]1C2. The quantitative estimate of drug-likeness (QED) is 0.645. The summed E-state index contributed by atoms with van der Waals surface area (Å²) in [5.74, 6) is 1.72. The zero-order chi connectivity index (χ0) is 12.5. The molecule has 3 atom stereocenters. The molecule has 96 valence electrons. The van der Waals surface area contributed by atoms with Crippen molar-refractivity contribution in [2.24, 2.45) is 11.8 Å². The molecule has 2 aliphatic rings. The standard InChI is InChI=1S/C13H16ClN3S/c14-12-10(2-1-5-15-12)16-13(18)17-11-7-8-3-4-9(11)6-8/h1-2,5,8-9,11H,3-4,6-7H2,(H2,16,17,18)/t8-,9-,11+/m1/s1. The number of rotatable bonds is 2. The van der Waals surface area contributed by atoms with E-state index < -0.39 is 0 Å². The summed E-state index contributed by atoms with van der Waals surface area (Å²) in [5.41, 5.74) is 0.764. The average molecular weight is 282 g/mol. The van der Waals surface area contributed by atoms with Gasteiger partial charge in [0.05, 0.1) is 5.69 Å². The van der Waals surface area contributed by atoms with Gasteiger partial charge in [0.15, 0.2) is 10.3 Å². The number of nitrogens with one attached hydrogen (secondary N) is 2. The summed E-state index contributed by atoms with van der Waals surface area (Å²) >= 11 is 11.3. The summed E-state index contributed by atoms with van der Waals surface area (Å²) in [6.07, 6.45) is 7.04. The molecule has 2 bridgehead atoms. The minimum Gasteiger partial charge on any atom is -0.359 e. The highest BCUT2D eigenvalue weighted by atomic mass is 35.5. The van der Waals surface area contributed by atoms with E-state index in [2.05, 4.69) is 15.6 Å². The summed E-state index contributed by atoms with van der Waals surface area (Å²) in [4.78, 5) is 4.02. The second-order valence-electron chi connectivity index (χ2n) is 5.22. The number of fused-ring (bicyclic) bond motifs is 2. The Balaban J connectivity index is 1.58. The lowest BCUT2D eigenvalue weighted by Crippen LogP contribution is -2.40. The van der Waals surface area contributed by atoms with Crippen molar-refractivity contribution in [3.63, 3.8) is 0 Å². The summed E-state index contributed by atoms with van der Waals surface area (Å²) in [5, 5.41) is 7.65. The maximum absolute atomic E-state index is 5.99. The molecule has 0 aromatic carbocycles. The molecule has 0 spiro atoms. The lowest BCUT2D eigenvalue weighted by Gasteiger charge is -2.24. The summed E-state index contributed by atoms with van der Waals surface area (Å²) in [7, 11) is 0. The normalized spacial score (nSPS) is 29.3. The third-order valence-electron chi connectivity index (χ3n) is 4.06. The van der Waals surface area contributed by atoms with Gasteiger partial charge in [-0.25, -0.2) is 4.98 Å². The van der Waals surface area contributed by atoms with Gasteiger partial charge in [-0.15, -0.1) is 0 Å². The molecule has 0 saturated heterocycles. The van der Waals surface area contributed by atoms with Gasteiger partial charge in [0, 0.05) is 12.2 Å². The van der Waals surface area contributed by atoms with Crippen LogP contribution in [0.1, 0.15) is 25.7 Å². The third-order valence-corrected chi connectivity index (χ3v) is 4.58. The van der Waals surface area contributed by atoms with E-state index in [-0.39, 0.29) is 0 Å². The summed E-state index contributed by atoms with van der Waals surface area (Å²) < 4.78 is 0. The van der Waals surface area contributed by atoms with Crippen molar-refractivity contribution in [3.8, 4) is 0 Å². The molecule has 0 aliphatic heterocycles. The van der Waals surface area contributed by atoms with Crippen molar-refractivity contribution in [1.29, 1.82) is 0 Å². The van der Waals surface area contributed by atoms with Gasteiger partial charge in [-0.2, -0.15) is 0 Å². The fourth-order valence-corrected chi connectivity index (χ4v) is 3.66. The van der Waals surface area contributed by atoms with Crippen molar-refractivity contribution in [3.05, 3.63) is 23.5 Å². The molecule has 0 unspecified atom stereocenters. The Labute approximate surface area is 117 Å². The van der Waals surface area contributed by atoms with E-state index in [0.29, 0.717) is 16.3 Å². The topological polar surface area (TPSA) is 37.0 Å². The molecule has 0 radical (unpaired) electrons. The van der Waals surface area contributed by atoms with Gasteiger partial charge in [0.2, 0.25) is 0 Å². The summed E-state index contributed by atoms with van der Waals surface area (Å²) in [6.45, 7) is 0. The molecule has 5 heteroatoms. The predicted octanol–water partition coefficient (Wildman–Crippen LogP) is 3.21. The van der Waals surface area contributed by atoms with Crippen LogP contribution in [0.5, 0.6) is 0 Å². The number of hydrogen-bond acceptors (Lipinski definition) is 2. The van der Waals surface area contributed by atoms with Gasteiger partial charge < -0.3 is 10.6 Å². The Bertz CT molecular complexity index is 465. The number of anilines is 1. The third kappa shape index (κ3) is 2.45. The maximum atomic E-state index is 5.99. The van der Waals surface area contributed by atoms with Gasteiger partial charge in [0.25, 0.3) is 0 Å². The first kappa shape index (κ1) is 12.2. The van der Waals surface area contributed by atoms with Gasteiger partial charge in [-0.3, -0.25) is 0 Å². The molecule has 2 N–H and O–H groups in total. The second kappa shape index (κ2) is 5.02. The molecule has 2 saturated carbocycles. The Morgan fingerprint density at radius 2 is 2.28 bits per heavy atom. The van der Waals surface area contributed by atoms with E-state index in [9.17, 15) is 0 Å². The van der Waals surface area contributed by atoms with Crippen LogP contribution in [0.2, 0.25) is 5.15 Å². The van der Waals surface area contributed by atoms with Gasteiger partial charge >= 0.3 is 0 Å². The number of halogens is 1. The Morgan fingerprint density at radius 3 is 2.94 bits per heavy atom. The van der Waals surface area contributed by atoms with Crippen LogP contribution < -0.4 is 10.6 Å². The highest BCUT2D eigenvalue weighted by molar-refractivity contribution is 7.80. The molecular weight excluding hydrogens is 266 g/mol. The predicted molar refractivity (Wildman–Crippen MR) is 77.8 cm³/mol. The molecular formula is C13H16ClN3S. The van der Waals surface area contributed by atoms with Crippen molar-refractivity contribution >= 4 is 34.6 Å². The number of hydrogen-bond donors (Lipinski definition) is 2. The van der Waals surface area contributed by atoms with Crippen LogP contribution in [0.4, 0.5) is 5.69 Å². The highest BCUT2D eigenvalue weighted by Crippen LogP contribution is 2.44. The fraction of sp³-hybridized carbons (Fsp3) is 0.538. The van der Waals surface area contributed by atoms with Crippen molar-refractivity contribution in [1.82, 2.24) is 10.3 Å². The van der Waals surface area contributed by atoms with E-state index in [4.69, 9.17) is 23.8 Å². The van der Waals surface area contributed by atoms with Gasteiger partial charge in [-0.1, -0.05) is 18.0 Å². The number of thiocarbonyl (C=S) groups is 1. The lowest BCUT2D eigenvalue weighted by atomic mass is 9.96. The Kier molecular flexibility index (Phi) is 3.39. The Hall–Kier alpha value is -0.870. The minimum atomic E-state index is 0.453. The van der Waals surface area contributed by atoms with Crippen molar-refractivity contribution < 1.29 is 0 Å². The van der Waals surface area contributed by atoms with Crippen molar-refractivity contribution in [2.75, 3.05) is 5.32 Å². The van der Waals surface area contributed by atoms with Crippen LogP contribution in [0, 0.1) is 11.8 Å². The maximum Gasteiger partial charge on any atom is 0.171 e. The van der Waals surface area contributed by atoms with E-state index >= 15 is 0 Å². The van der Waals surface area contributed by atoms with Crippen LogP contribution >= 0.6 is 23.8 Å². The fourth-order valence-electron chi connectivity index (χ4n) is 3.23. The zero-order valence-corrected chi connectivity index (χ0v) is 11.6. The van der Waals surface area contributed by atoms with E-state index in [0.717, 1.165) is 17.5 Å². The molecule has 1 aromatic heterocycles. The molecule has 3 nitrogen and oxygen atoms in total. The van der Waals surface area contributed by atoms with Crippen LogP contribution in [0.15, 0.2) is 18.3 Å². The first-order valence-corrected chi connectivity index (χ1v) is 7.19. The molecule has 3 rings (SSSR count). The van der Waals surface area contributed by atoms with E-state index in [1.807, 2.05) is 12.1 Å². The first-order valence-electron chi connectivity index (χ1n) is 6.40. The molecule has 1 aromatic rings. The van der Waals surface area contributed by atoms with Crippen molar-refractivity contribution in [2.45, 2.75) is 31.7 Å². The Morgan fingerprint density at radius 1 is 1.39 bits per heavy atom. The van der Waals surface area contributed by atoms with E-state index in [1.54, 1.807) is 6.20 Å². The monoisotopic (exact) mass is 281 g/mol. The van der Waals surface area contributed by atoms with Crippen LogP contribution in [-0.4, -0.2) is 16.1 Å². The second-order valence-corrected chi connectivity index (χ2v) is 5.99. The number of aromatic nitrogens is 1. The number of pyridine rings is 1. The zero-order valence-electron chi connectivity index (χ0n) is 10.0. The lowest BCUT2D eigenvalue weighted by molar-refractivity contribution is 0.392. The molecule has 18 heavy (non-hydrogen) atoms. The van der Waals surface area contributed by atoms with Crippen LogP contribution in [-0.2, 0) is 0 Å². The highest BCUT2D eigenvalue weighted by Gasteiger charge is 2.39. The molecule has 0 amide bonds. The molecule has 2 fully saturated rings. The smallest absolute Gasteiger partial charge is 0.171 e. The largest absolute Gasteiger partial charge is 0.359 e. The van der Waals surface area contributed by atoms with E-state index in [1.165, 1.54) is 25.7 Å². The van der Waals surface area contributed by atoms with Crippen LogP contribution in [0.25, 0.3) is 0 Å². The van der Waals surface area contributed by atoms with Gasteiger partial charge in [0.1, 0.15) is 0 Å². The van der Waals surface area contributed by atoms with Gasteiger partial charge in [-0.05, 0) is 55.4 Å². The molecule has 2 aliphatic carbocycles. The average Bonchev–Trinajstić information content (AvgIpc) is 2.94. The molecule has 1 heterocycles. The number of nitrogens with zero attached hydrogens (tertiary/aromatic N) is 1. The summed E-state index contributed by atoms with van der Waals surface area (Å²) in [6, 6.07) is 4.26. The minimum absolute atomic E-state index is 0.453. The van der Waals surface area contributed by atoms with Crippen LogP contribution in [0.3, 0.4) is 0 Å².